The molecule has 0 aromatic carbocycles. The molecule has 2 unspecified atom stereocenters. The maximum atomic E-state index is 12.0. The zero-order valence-corrected chi connectivity index (χ0v) is 9.56. The summed E-state index contributed by atoms with van der Waals surface area (Å²) in [5.41, 5.74) is 0.303. The lowest BCUT2D eigenvalue weighted by Crippen LogP contribution is -2.09. The van der Waals surface area contributed by atoms with Gasteiger partial charge in [-0.25, -0.2) is 4.98 Å². The van der Waals surface area contributed by atoms with Gasteiger partial charge >= 0.3 is 0 Å². The first-order chi connectivity index (χ1) is 7.67. The van der Waals surface area contributed by atoms with Gasteiger partial charge in [0.2, 0.25) is 11.8 Å². The van der Waals surface area contributed by atoms with Gasteiger partial charge in [-0.1, -0.05) is 6.92 Å². The monoisotopic (exact) mass is 222 g/mol. The molecule has 0 aliphatic heterocycles. The molecule has 1 aliphatic carbocycles. The molecule has 16 heavy (non-hydrogen) atoms. The third kappa shape index (κ3) is 1.85. The summed E-state index contributed by atoms with van der Waals surface area (Å²) in [7, 11) is 2.96. The van der Waals surface area contributed by atoms with Gasteiger partial charge in [-0.15, -0.1) is 0 Å². The summed E-state index contributed by atoms with van der Waals surface area (Å²) in [5, 5.41) is 0. The van der Waals surface area contributed by atoms with Crippen molar-refractivity contribution in [3.8, 4) is 11.8 Å². The van der Waals surface area contributed by atoms with Crippen LogP contribution in [0.2, 0.25) is 0 Å². The Labute approximate surface area is 93.8 Å². The van der Waals surface area contributed by atoms with Crippen molar-refractivity contribution in [2.75, 3.05) is 14.2 Å². The number of nitrogens with zero attached hydrogens (tertiary/aromatic N) is 2. The predicted molar refractivity (Wildman–Crippen MR) is 56.7 cm³/mol. The van der Waals surface area contributed by atoms with Gasteiger partial charge < -0.3 is 9.47 Å². The van der Waals surface area contributed by atoms with Crippen molar-refractivity contribution < 1.29 is 14.3 Å². The topological polar surface area (TPSA) is 61.3 Å². The van der Waals surface area contributed by atoms with Crippen molar-refractivity contribution in [3.05, 3.63) is 11.9 Å². The molecule has 5 heteroatoms. The quantitative estimate of drug-likeness (QED) is 0.719. The van der Waals surface area contributed by atoms with Crippen LogP contribution in [0.4, 0.5) is 0 Å². The Bertz CT molecular complexity index is 420. The van der Waals surface area contributed by atoms with Gasteiger partial charge in [0.05, 0.1) is 20.4 Å². The van der Waals surface area contributed by atoms with Gasteiger partial charge in [0.15, 0.2) is 11.5 Å². The maximum absolute atomic E-state index is 12.0. The summed E-state index contributed by atoms with van der Waals surface area (Å²) in [6.07, 6.45) is 2.36. The lowest BCUT2D eigenvalue weighted by atomic mass is 10.1. The number of carbonyl (C=O) groups is 1. The minimum absolute atomic E-state index is 0.0134. The van der Waals surface area contributed by atoms with E-state index in [1.165, 1.54) is 20.4 Å². The second kappa shape index (κ2) is 4.08. The number of carbonyl (C=O) groups excluding carboxylic acids is 1. The summed E-state index contributed by atoms with van der Waals surface area (Å²) in [6.45, 7) is 2.05. The van der Waals surface area contributed by atoms with Gasteiger partial charge in [0, 0.05) is 5.92 Å². The number of methoxy groups -OCH3 is 2. The zero-order chi connectivity index (χ0) is 11.7. The second-order valence-corrected chi connectivity index (χ2v) is 3.95. The van der Waals surface area contributed by atoms with E-state index < -0.39 is 0 Å². The van der Waals surface area contributed by atoms with E-state index in [2.05, 4.69) is 9.97 Å². The Kier molecular flexibility index (Phi) is 2.77. The van der Waals surface area contributed by atoms with Crippen molar-refractivity contribution in [1.82, 2.24) is 9.97 Å². The minimum atomic E-state index is 0.0134. The molecule has 1 aliphatic rings. The minimum Gasteiger partial charge on any atom is -0.480 e. The molecular formula is C11H14N2O3. The van der Waals surface area contributed by atoms with E-state index in [1.807, 2.05) is 6.92 Å². The molecule has 0 radical (unpaired) electrons. The van der Waals surface area contributed by atoms with Crippen LogP contribution in [0, 0.1) is 11.8 Å². The molecule has 86 valence electrons. The fourth-order valence-electron chi connectivity index (χ4n) is 1.63. The van der Waals surface area contributed by atoms with Crippen LogP contribution in [-0.4, -0.2) is 30.0 Å². The average molecular weight is 222 g/mol. The third-order valence-corrected chi connectivity index (χ3v) is 2.80. The summed E-state index contributed by atoms with van der Waals surface area (Å²) >= 11 is 0. The van der Waals surface area contributed by atoms with Gasteiger partial charge in [-0.2, -0.15) is 4.98 Å². The van der Waals surface area contributed by atoms with Crippen molar-refractivity contribution in [3.63, 3.8) is 0 Å². The van der Waals surface area contributed by atoms with E-state index in [-0.39, 0.29) is 17.6 Å². The summed E-state index contributed by atoms with van der Waals surface area (Å²) < 4.78 is 9.97. The van der Waals surface area contributed by atoms with E-state index in [1.54, 1.807) is 0 Å². The summed E-state index contributed by atoms with van der Waals surface area (Å²) in [6, 6.07) is 0. The van der Waals surface area contributed by atoms with E-state index in [9.17, 15) is 4.79 Å². The predicted octanol–water partition coefficient (Wildman–Crippen LogP) is 1.33. The lowest BCUT2D eigenvalue weighted by Gasteiger charge is -2.06. The first-order valence-corrected chi connectivity index (χ1v) is 5.16. The largest absolute Gasteiger partial charge is 0.480 e. The fourth-order valence-corrected chi connectivity index (χ4v) is 1.63. The number of rotatable bonds is 4. The second-order valence-electron chi connectivity index (χ2n) is 3.95. The van der Waals surface area contributed by atoms with Gasteiger partial charge in [0.25, 0.3) is 0 Å². The standard InChI is InChI=1S/C11H14N2O3/c1-6-4-7(6)10(14)9-11(16-3)13-8(15-2)5-12-9/h5-7H,4H2,1-3H3. The highest BCUT2D eigenvalue weighted by molar-refractivity contribution is 5.99. The molecular weight excluding hydrogens is 208 g/mol. The summed E-state index contributed by atoms with van der Waals surface area (Å²) in [5.74, 6) is 1.12. The first kappa shape index (κ1) is 10.9. The highest BCUT2D eigenvalue weighted by Crippen LogP contribution is 2.41. The van der Waals surface area contributed by atoms with Gasteiger partial charge in [-0.3, -0.25) is 4.79 Å². The molecule has 2 rings (SSSR count). The molecule has 0 bridgehead atoms. The molecule has 1 aromatic heterocycles. The van der Waals surface area contributed by atoms with Crippen LogP contribution >= 0.6 is 0 Å². The SMILES string of the molecule is COc1cnc(C(=O)C2CC2C)c(OC)n1. The number of hydrogen-bond donors (Lipinski definition) is 0. The van der Waals surface area contributed by atoms with Crippen LogP contribution in [0.25, 0.3) is 0 Å². The van der Waals surface area contributed by atoms with Gasteiger partial charge in [0.1, 0.15) is 0 Å². The van der Waals surface area contributed by atoms with Crippen molar-refractivity contribution >= 4 is 5.78 Å². The highest BCUT2D eigenvalue weighted by atomic mass is 16.5. The molecule has 1 fully saturated rings. The van der Waals surface area contributed by atoms with E-state index in [0.29, 0.717) is 17.5 Å². The van der Waals surface area contributed by atoms with Crippen molar-refractivity contribution in [2.45, 2.75) is 13.3 Å². The van der Waals surface area contributed by atoms with Crippen LogP contribution in [0.1, 0.15) is 23.8 Å². The number of aromatic nitrogens is 2. The number of hydrogen-bond acceptors (Lipinski definition) is 5. The van der Waals surface area contributed by atoms with Crippen molar-refractivity contribution in [1.29, 1.82) is 0 Å². The Morgan fingerprint density at radius 2 is 2.12 bits per heavy atom. The Morgan fingerprint density at radius 1 is 1.44 bits per heavy atom. The number of Topliss-reactive ketones (excluding diaryl/α,β-unsaturated/α-hetero) is 1. The van der Waals surface area contributed by atoms with Crippen molar-refractivity contribution in [2.24, 2.45) is 11.8 Å². The van der Waals surface area contributed by atoms with E-state index in [4.69, 9.17) is 9.47 Å². The first-order valence-electron chi connectivity index (χ1n) is 5.16. The molecule has 0 spiro atoms. The highest BCUT2D eigenvalue weighted by Gasteiger charge is 2.41. The lowest BCUT2D eigenvalue weighted by molar-refractivity contribution is 0.0953. The number of ether oxygens (including phenoxy) is 2. The Balaban J connectivity index is 2.29. The molecule has 2 atom stereocenters. The zero-order valence-electron chi connectivity index (χ0n) is 9.56. The Hall–Kier alpha value is -1.65. The van der Waals surface area contributed by atoms with Crippen LogP contribution < -0.4 is 9.47 Å². The smallest absolute Gasteiger partial charge is 0.246 e. The van der Waals surface area contributed by atoms with Gasteiger partial charge in [-0.05, 0) is 12.3 Å². The van der Waals surface area contributed by atoms with Crippen LogP contribution in [0.3, 0.4) is 0 Å². The van der Waals surface area contributed by atoms with Crippen LogP contribution in [-0.2, 0) is 0 Å². The van der Waals surface area contributed by atoms with E-state index in [0.717, 1.165) is 6.42 Å². The molecule has 0 amide bonds. The molecule has 1 heterocycles. The third-order valence-electron chi connectivity index (χ3n) is 2.80. The maximum Gasteiger partial charge on any atom is 0.246 e. The molecule has 5 nitrogen and oxygen atoms in total. The normalized spacial score (nSPS) is 22.7. The molecule has 0 N–H and O–H groups in total. The Morgan fingerprint density at radius 3 is 2.62 bits per heavy atom. The van der Waals surface area contributed by atoms with Crippen LogP contribution in [0.15, 0.2) is 6.20 Å². The average Bonchev–Trinajstić information content (AvgIpc) is 3.04. The van der Waals surface area contributed by atoms with E-state index >= 15 is 0 Å². The molecule has 1 aromatic rings. The summed E-state index contributed by atoms with van der Waals surface area (Å²) in [4.78, 5) is 20.1. The molecule has 1 saturated carbocycles. The fraction of sp³-hybridized carbons (Fsp3) is 0.545. The molecule has 0 saturated heterocycles. The number of ketones is 1. The van der Waals surface area contributed by atoms with Crippen LogP contribution in [0.5, 0.6) is 11.8 Å².